The van der Waals surface area contributed by atoms with Gasteiger partial charge in [0.25, 0.3) is 0 Å². The van der Waals surface area contributed by atoms with Crippen molar-refractivity contribution in [3.05, 3.63) is 59.2 Å². The molecule has 2 amide bonds. The van der Waals surface area contributed by atoms with E-state index in [0.717, 1.165) is 22.4 Å². The van der Waals surface area contributed by atoms with Gasteiger partial charge >= 0.3 is 16.1 Å². The number of carbonyl (C=O) groups is 1. The highest BCUT2D eigenvalue weighted by Crippen LogP contribution is 2.21. The van der Waals surface area contributed by atoms with Crippen LogP contribution in [0.15, 0.2) is 42.5 Å². The molecule has 0 fully saturated rings. The average molecular weight is 421 g/mol. The number of urea groups is 1. The zero-order valence-corrected chi connectivity index (χ0v) is 18.1. The lowest BCUT2D eigenvalue weighted by atomic mass is 10.1. The maximum absolute atomic E-state index is 12.9. The second-order valence-corrected chi connectivity index (χ2v) is 8.55. The standard InChI is InChI=1S/C21H28N2O5S/c1-5-29(25,26)28-19-11-7-10-18(14-19)15-23(12-13-27-4)21(24)22-20-16(2)8-6-9-17(20)3/h6-11,14H,5,12-13,15H2,1-4H3,(H,22,24). The molecule has 29 heavy (non-hydrogen) atoms. The Labute approximate surface area is 172 Å². The van der Waals surface area contributed by atoms with Gasteiger partial charge in [-0.05, 0) is 49.6 Å². The minimum absolute atomic E-state index is 0.116. The number of methoxy groups -OCH3 is 1. The van der Waals surface area contributed by atoms with E-state index in [4.69, 9.17) is 8.92 Å². The van der Waals surface area contributed by atoms with Crippen LogP contribution in [0, 0.1) is 13.8 Å². The summed E-state index contributed by atoms with van der Waals surface area (Å²) in [6, 6.07) is 12.3. The molecule has 0 aliphatic heterocycles. The first-order valence-electron chi connectivity index (χ1n) is 9.38. The highest BCUT2D eigenvalue weighted by molar-refractivity contribution is 7.87. The molecule has 0 radical (unpaired) electrons. The Bertz CT molecular complexity index is 924. The van der Waals surface area contributed by atoms with Crippen molar-refractivity contribution in [2.24, 2.45) is 0 Å². The lowest BCUT2D eigenvalue weighted by Gasteiger charge is -2.24. The van der Waals surface area contributed by atoms with Crippen molar-refractivity contribution in [3.63, 3.8) is 0 Å². The van der Waals surface area contributed by atoms with Crippen molar-refractivity contribution in [1.82, 2.24) is 4.90 Å². The second-order valence-electron chi connectivity index (χ2n) is 6.69. The number of rotatable bonds is 9. The Balaban J connectivity index is 2.19. The van der Waals surface area contributed by atoms with Crippen molar-refractivity contribution in [2.75, 3.05) is 31.3 Å². The fourth-order valence-electron chi connectivity index (χ4n) is 2.77. The molecule has 0 heterocycles. The van der Waals surface area contributed by atoms with E-state index in [1.54, 1.807) is 30.2 Å². The maximum atomic E-state index is 12.9. The van der Waals surface area contributed by atoms with Crippen LogP contribution in [0.2, 0.25) is 0 Å². The molecule has 0 spiro atoms. The molecule has 0 atom stereocenters. The highest BCUT2D eigenvalue weighted by Gasteiger charge is 2.17. The van der Waals surface area contributed by atoms with Crippen LogP contribution in [0.25, 0.3) is 0 Å². The molecule has 2 aromatic rings. The van der Waals surface area contributed by atoms with Crippen LogP contribution in [-0.2, 0) is 21.4 Å². The molecule has 7 nitrogen and oxygen atoms in total. The van der Waals surface area contributed by atoms with E-state index in [1.807, 2.05) is 38.1 Å². The molecule has 158 valence electrons. The number of nitrogens with one attached hydrogen (secondary N) is 1. The van der Waals surface area contributed by atoms with Gasteiger partial charge in [0.15, 0.2) is 0 Å². The molecule has 0 saturated carbocycles. The van der Waals surface area contributed by atoms with Gasteiger partial charge in [0.2, 0.25) is 0 Å². The molecule has 0 aliphatic carbocycles. The summed E-state index contributed by atoms with van der Waals surface area (Å²) in [5, 5.41) is 2.97. The third-order valence-corrected chi connectivity index (χ3v) is 5.57. The van der Waals surface area contributed by atoms with E-state index in [1.165, 1.54) is 6.92 Å². The molecule has 0 aliphatic rings. The number of anilines is 1. The van der Waals surface area contributed by atoms with E-state index in [-0.39, 0.29) is 24.1 Å². The number of nitrogens with zero attached hydrogens (tertiary/aromatic N) is 1. The Kier molecular flexibility index (Phi) is 8.04. The molecule has 0 aromatic heterocycles. The molecule has 2 rings (SSSR count). The van der Waals surface area contributed by atoms with Crippen molar-refractivity contribution in [2.45, 2.75) is 27.3 Å². The lowest BCUT2D eigenvalue weighted by molar-refractivity contribution is 0.153. The summed E-state index contributed by atoms with van der Waals surface area (Å²) in [6.07, 6.45) is 0. The summed E-state index contributed by atoms with van der Waals surface area (Å²) < 4.78 is 33.6. The molecule has 0 unspecified atom stereocenters. The van der Waals surface area contributed by atoms with Gasteiger partial charge in [-0.2, -0.15) is 8.42 Å². The van der Waals surface area contributed by atoms with Gasteiger partial charge in [-0.1, -0.05) is 30.3 Å². The van der Waals surface area contributed by atoms with Gasteiger partial charge in [0.1, 0.15) is 5.75 Å². The third kappa shape index (κ3) is 6.76. The first-order valence-corrected chi connectivity index (χ1v) is 11.0. The van der Waals surface area contributed by atoms with Crippen LogP contribution < -0.4 is 9.50 Å². The number of para-hydroxylation sites is 1. The largest absolute Gasteiger partial charge is 0.383 e. The van der Waals surface area contributed by atoms with Crippen molar-refractivity contribution < 1.29 is 22.1 Å². The molecule has 0 saturated heterocycles. The fourth-order valence-corrected chi connectivity index (χ4v) is 3.29. The Morgan fingerprint density at radius 2 is 1.76 bits per heavy atom. The van der Waals surface area contributed by atoms with Crippen LogP contribution in [0.3, 0.4) is 0 Å². The molecule has 0 bridgehead atoms. The number of benzene rings is 2. The SMILES string of the molecule is CCS(=O)(=O)Oc1cccc(CN(CCOC)C(=O)Nc2c(C)cccc2C)c1. The van der Waals surface area contributed by atoms with Crippen LogP contribution in [-0.4, -0.2) is 45.4 Å². The first kappa shape index (κ1) is 22.7. The van der Waals surface area contributed by atoms with Crippen molar-refractivity contribution in [3.8, 4) is 5.75 Å². The molecule has 1 N–H and O–H groups in total. The van der Waals surface area contributed by atoms with Crippen molar-refractivity contribution >= 4 is 21.8 Å². The summed E-state index contributed by atoms with van der Waals surface area (Å²) >= 11 is 0. The van der Waals surface area contributed by atoms with E-state index in [0.29, 0.717) is 13.2 Å². The van der Waals surface area contributed by atoms with E-state index >= 15 is 0 Å². The van der Waals surface area contributed by atoms with Gasteiger partial charge in [-0.3, -0.25) is 0 Å². The number of ether oxygens (including phenoxy) is 1. The summed E-state index contributed by atoms with van der Waals surface area (Å²) in [5.74, 6) is 0.112. The molecule has 8 heteroatoms. The summed E-state index contributed by atoms with van der Waals surface area (Å²) in [5.41, 5.74) is 3.49. The van der Waals surface area contributed by atoms with E-state index < -0.39 is 10.1 Å². The smallest absolute Gasteiger partial charge is 0.322 e. The normalized spacial score (nSPS) is 11.2. The zero-order chi connectivity index (χ0) is 21.4. The number of aryl methyl sites for hydroxylation is 2. The molecular weight excluding hydrogens is 392 g/mol. The lowest BCUT2D eigenvalue weighted by Crippen LogP contribution is -2.37. The monoisotopic (exact) mass is 420 g/mol. The van der Waals surface area contributed by atoms with Gasteiger partial charge < -0.3 is 19.1 Å². The van der Waals surface area contributed by atoms with Gasteiger partial charge in [0, 0.05) is 25.9 Å². The third-order valence-electron chi connectivity index (χ3n) is 4.41. The van der Waals surface area contributed by atoms with Crippen molar-refractivity contribution in [1.29, 1.82) is 0 Å². The first-order chi connectivity index (χ1) is 13.8. The number of hydrogen-bond donors (Lipinski definition) is 1. The Morgan fingerprint density at radius 1 is 1.10 bits per heavy atom. The minimum Gasteiger partial charge on any atom is -0.383 e. The summed E-state index contributed by atoms with van der Waals surface area (Å²) in [6.45, 7) is 6.44. The second kappa shape index (κ2) is 10.3. The minimum atomic E-state index is -3.61. The van der Waals surface area contributed by atoms with Crippen LogP contribution >= 0.6 is 0 Å². The maximum Gasteiger partial charge on any atom is 0.322 e. The zero-order valence-electron chi connectivity index (χ0n) is 17.3. The fraction of sp³-hybridized carbons (Fsp3) is 0.381. The predicted octanol–water partition coefficient (Wildman–Crippen LogP) is 3.71. The van der Waals surface area contributed by atoms with Crippen LogP contribution in [0.4, 0.5) is 10.5 Å². The number of amides is 2. The number of hydrogen-bond acceptors (Lipinski definition) is 5. The molecular formula is C21H28N2O5S. The Hall–Kier alpha value is -2.58. The topological polar surface area (TPSA) is 84.9 Å². The van der Waals surface area contributed by atoms with Gasteiger partial charge in [-0.15, -0.1) is 0 Å². The Morgan fingerprint density at radius 3 is 2.38 bits per heavy atom. The number of carbonyl (C=O) groups excluding carboxylic acids is 1. The van der Waals surface area contributed by atoms with Gasteiger partial charge in [0.05, 0.1) is 12.4 Å². The van der Waals surface area contributed by atoms with Gasteiger partial charge in [-0.25, -0.2) is 4.79 Å². The highest BCUT2D eigenvalue weighted by atomic mass is 32.2. The summed E-state index contributed by atoms with van der Waals surface area (Å²) in [4.78, 5) is 14.5. The summed E-state index contributed by atoms with van der Waals surface area (Å²) in [7, 11) is -2.04. The van der Waals surface area contributed by atoms with E-state index in [2.05, 4.69) is 5.32 Å². The van der Waals surface area contributed by atoms with Crippen LogP contribution in [0.1, 0.15) is 23.6 Å². The van der Waals surface area contributed by atoms with Crippen LogP contribution in [0.5, 0.6) is 5.75 Å². The average Bonchev–Trinajstić information content (AvgIpc) is 2.68. The molecule has 2 aromatic carbocycles. The van der Waals surface area contributed by atoms with E-state index in [9.17, 15) is 13.2 Å². The predicted molar refractivity (Wildman–Crippen MR) is 114 cm³/mol. The quantitative estimate of drug-likeness (QED) is 0.625.